The molecule has 5 aromatic carbocycles. The molecule has 0 fully saturated rings. The molecule has 1 aliphatic heterocycles. The van der Waals surface area contributed by atoms with Gasteiger partial charge in [-0.05, 0) is 63.7 Å². The number of para-hydroxylation sites is 1. The lowest BCUT2D eigenvalue weighted by Crippen LogP contribution is -2.29. The van der Waals surface area contributed by atoms with Crippen molar-refractivity contribution in [1.82, 2.24) is 4.40 Å². The molecule has 4 heteroatoms. The molecule has 0 amide bonds. The molecule has 1 N–H and O–H groups in total. The van der Waals surface area contributed by atoms with E-state index >= 15 is 0 Å². The van der Waals surface area contributed by atoms with Crippen LogP contribution in [-0.4, -0.2) is 16.2 Å². The lowest BCUT2D eigenvalue weighted by molar-refractivity contribution is 0.662. The van der Waals surface area contributed by atoms with Gasteiger partial charge >= 0.3 is 0 Å². The standard InChI is InChI=1S/C41H27N3O/c1-41(2)29-14-5-3-10-24(29)25-13-9-12-23(37(25)41)22-18-19-32-27(20-22)36-35-26-11-4-8-17-33(26)45-34(35)21-28-38-40(44(32)39(28)36)43-31-16-7-6-15-30(31)42-38/h3-21,30,42H,1-2H3. The Kier molecular flexibility index (Phi) is 4.18. The highest BCUT2D eigenvalue weighted by Crippen LogP contribution is 2.54. The molecule has 3 aromatic heterocycles. The van der Waals surface area contributed by atoms with Crippen LogP contribution in [0, 0.1) is 0 Å². The first-order valence-corrected chi connectivity index (χ1v) is 15.7. The fourth-order valence-corrected chi connectivity index (χ4v) is 8.61. The molecular weight excluding hydrogens is 550 g/mol. The molecule has 4 heterocycles. The molecule has 0 radical (unpaired) electrons. The van der Waals surface area contributed by atoms with Crippen molar-refractivity contribution in [3.63, 3.8) is 0 Å². The highest BCUT2D eigenvalue weighted by molar-refractivity contribution is 6.34. The van der Waals surface area contributed by atoms with Crippen molar-refractivity contribution >= 4 is 66.3 Å². The average Bonchev–Trinajstić information content (AvgIpc) is 3.77. The number of nitrogens with zero attached hydrogens (tertiary/aromatic N) is 2. The van der Waals surface area contributed by atoms with Gasteiger partial charge in [0.2, 0.25) is 0 Å². The molecule has 1 unspecified atom stereocenters. The Hall–Kier alpha value is -5.61. The van der Waals surface area contributed by atoms with Gasteiger partial charge in [-0.3, -0.25) is 4.40 Å². The third-order valence-electron chi connectivity index (χ3n) is 10.5. The SMILES string of the molecule is CC1(C)c2ccccc2-c2cccc(-c3ccc4c(c3)c3c5c(cc6c7c(n4c63)N=C3C=CC=CC3N7)oc3ccccc35)c21. The number of anilines is 1. The van der Waals surface area contributed by atoms with Crippen LogP contribution in [0.2, 0.25) is 0 Å². The maximum atomic E-state index is 6.55. The minimum atomic E-state index is -0.0970. The summed E-state index contributed by atoms with van der Waals surface area (Å²) in [5, 5.41) is 9.71. The summed E-state index contributed by atoms with van der Waals surface area (Å²) in [5.41, 5.74) is 14.2. The smallest absolute Gasteiger partial charge is 0.162 e. The van der Waals surface area contributed by atoms with Crippen LogP contribution < -0.4 is 5.32 Å². The predicted molar refractivity (Wildman–Crippen MR) is 187 cm³/mol. The minimum absolute atomic E-state index is 0.0605. The van der Waals surface area contributed by atoms with E-state index in [1.807, 2.05) is 6.07 Å². The highest BCUT2D eigenvalue weighted by atomic mass is 16.3. The first kappa shape index (κ1) is 23.8. The first-order valence-electron chi connectivity index (χ1n) is 15.7. The Morgan fingerprint density at radius 3 is 2.56 bits per heavy atom. The fourth-order valence-electron chi connectivity index (χ4n) is 8.61. The van der Waals surface area contributed by atoms with Crippen LogP contribution in [0.25, 0.3) is 71.4 Å². The number of aliphatic imine (C=N–C) groups is 1. The summed E-state index contributed by atoms with van der Waals surface area (Å²) in [6.45, 7) is 4.73. The normalized spacial score (nSPS) is 17.6. The number of nitrogens with one attached hydrogen (secondary N) is 1. The van der Waals surface area contributed by atoms with E-state index in [0.717, 1.165) is 44.7 Å². The lowest BCUT2D eigenvalue weighted by atomic mass is 9.79. The van der Waals surface area contributed by atoms with Crippen molar-refractivity contribution in [1.29, 1.82) is 0 Å². The third-order valence-corrected chi connectivity index (χ3v) is 10.5. The van der Waals surface area contributed by atoms with Crippen molar-refractivity contribution in [2.24, 2.45) is 4.99 Å². The quantitative estimate of drug-likeness (QED) is 0.211. The number of aromatic nitrogens is 1. The van der Waals surface area contributed by atoms with E-state index in [1.54, 1.807) is 0 Å². The minimum Gasteiger partial charge on any atom is -0.456 e. The summed E-state index contributed by atoms with van der Waals surface area (Å²) < 4.78 is 8.92. The zero-order valence-electron chi connectivity index (χ0n) is 24.8. The molecule has 0 saturated heterocycles. The molecule has 0 bridgehead atoms. The van der Waals surface area contributed by atoms with E-state index in [2.05, 4.69) is 133 Å². The van der Waals surface area contributed by atoms with Crippen LogP contribution in [0.1, 0.15) is 25.0 Å². The fraction of sp³-hybridized carbons (Fsp3) is 0.0976. The van der Waals surface area contributed by atoms with Crippen LogP contribution in [0.3, 0.4) is 0 Å². The van der Waals surface area contributed by atoms with E-state index in [-0.39, 0.29) is 11.5 Å². The molecule has 8 aromatic rings. The van der Waals surface area contributed by atoms with Gasteiger partial charge in [0.25, 0.3) is 0 Å². The Balaban J connectivity index is 1.27. The van der Waals surface area contributed by atoms with Gasteiger partial charge in [-0.15, -0.1) is 0 Å². The molecule has 212 valence electrons. The zero-order chi connectivity index (χ0) is 29.6. The summed E-state index contributed by atoms with van der Waals surface area (Å²) in [6, 6.07) is 33.4. The van der Waals surface area contributed by atoms with Gasteiger partial charge in [0, 0.05) is 32.3 Å². The van der Waals surface area contributed by atoms with Crippen molar-refractivity contribution in [2.45, 2.75) is 25.3 Å². The second-order valence-corrected chi connectivity index (χ2v) is 13.2. The first-order chi connectivity index (χ1) is 22.1. The Morgan fingerprint density at radius 2 is 1.60 bits per heavy atom. The molecule has 11 rings (SSSR count). The summed E-state index contributed by atoms with van der Waals surface area (Å²) in [4.78, 5) is 5.26. The van der Waals surface area contributed by atoms with E-state index in [4.69, 9.17) is 9.41 Å². The largest absolute Gasteiger partial charge is 0.456 e. The number of furan rings is 1. The predicted octanol–water partition coefficient (Wildman–Crippen LogP) is 10.5. The third kappa shape index (κ3) is 2.81. The summed E-state index contributed by atoms with van der Waals surface area (Å²) >= 11 is 0. The van der Waals surface area contributed by atoms with E-state index in [1.165, 1.54) is 55.1 Å². The number of hydrogen-bond donors (Lipinski definition) is 1. The van der Waals surface area contributed by atoms with Gasteiger partial charge in [0.1, 0.15) is 11.2 Å². The van der Waals surface area contributed by atoms with Crippen LogP contribution in [0.4, 0.5) is 11.5 Å². The summed E-state index contributed by atoms with van der Waals surface area (Å²) in [6.07, 6.45) is 8.44. The van der Waals surface area contributed by atoms with Crippen LogP contribution in [-0.2, 0) is 5.41 Å². The molecule has 1 atom stereocenters. The van der Waals surface area contributed by atoms with E-state index in [9.17, 15) is 0 Å². The van der Waals surface area contributed by atoms with Gasteiger partial charge in [-0.2, -0.15) is 0 Å². The summed E-state index contributed by atoms with van der Waals surface area (Å²) in [5.74, 6) is 0.957. The second-order valence-electron chi connectivity index (χ2n) is 13.2. The Morgan fingerprint density at radius 1 is 0.756 bits per heavy atom. The van der Waals surface area contributed by atoms with Crippen molar-refractivity contribution in [3.8, 4) is 22.3 Å². The number of fused-ring (bicyclic) bond motifs is 14. The average molecular weight is 578 g/mol. The van der Waals surface area contributed by atoms with Crippen LogP contribution in [0.15, 0.2) is 125 Å². The Labute approximate surface area is 258 Å². The van der Waals surface area contributed by atoms with Gasteiger partial charge in [0.05, 0.1) is 28.5 Å². The van der Waals surface area contributed by atoms with Gasteiger partial charge in [0.15, 0.2) is 5.82 Å². The zero-order valence-corrected chi connectivity index (χ0v) is 24.8. The van der Waals surface area contributed by atoms with Crippen molar-refractivity contribution in [2.75, 3.05) is 5.32 Å². The number of allylic oxidation sites excluding steroid dienone is 2. The molecule has 2 aliphatic carbocycles. The van der Waals surface area contributed by atoms with Crippen LogP contribution >= 0.6 is 0 Å². The van der Waals surface area contributed by atoms with E-state index in [0.29, 0.717) is 0 Å². The maximum Gasteiger partial charge on any atom is 0.162 e. The lowest BCUT2D eigenvalue weighted by Gasteiger charge is -2.24. The second kappa shape index (κ2) is 7.91. The van der Waals surface area contributed by atoms with Gasteiger partial charge in [-0.25, -0.2) is 4.99 Å². The number of hydrogen-bond acceptors (Lipinski definition) is 3. The molecule has 0 saturated carbocycles. The van der Waals surface area contributed by atoms with Gasteiger partial charge in [-0.1, -0.05) is 98.8 Å². The highest BCUT2D eigenvalue weighted by Gasteiger charge is 2.37. The Bertz CT molecular complexity index is 2710. The maximum absolute atomic E-state index is 6.55. The number of rotatable bonds is 1. The van der Waals surface area contributed by atoms with Crippen molar-refractivity contribution < 1.29 is 4.42 Å². The molecule has 0 spiro atoms. The number of benzene rings is 5. The van der Waals surface area contributed by atoms with E-state index < -0.39 is 0 Å². The van der Waals surface area contributed by atoms with Crippen molar-refractivity contribution in [3.05, 3.63) is 126 Å². The van der Waals surface area contributed by atoms with Crippen LogP contribution in [0.5, 0.6) is 0 Å². The van der Waals surface area contributed by atoms with Gasteiger partial charge < -0.3 is 9.73 Å². The molecule has 3 aliphatic rings. The topological polar surface area (TPSA) is 41.9 Å². The monoisotopic (exact) mass is 577 g/mol. The molecule has 45 heavy (non-hydrogen) atoms. The molecular formula is C41H27N3O. The summed E-state index contributed by atoms with van der Waals surface area (Å²) in [7, 11) is 0. The molecule has 4 nitrogen and oxygen atoms in total.